The summed E-state index contributed by atoms with van der Waals surface area (Å²) in [4.78, 5) is 0. The molecule has 0 radical (unpaired) electrons. The van der Waals surface area contributed by atoms with Crippen LogP contribution in [0.2, 0.25) is 0 Å². The Morgan fingerprint density at radius 1 is 0.733 bits per heavy atom. The minimum Gasteiger partial charge on any atom is -0.457 e. The smallest absolute Gasteiger partial charge is 0.130 e. The van der Waals surface area contributed by atoms with Gasteiger partial charge in [-0.15, -0.1) is 0 Å². The molecule has 0 spiro atoms. The molecule has 0 aliphatic carbocycles. The van der Waals surface area contributed by atoms with E-state index < -0.39 is 0 Å². The van der Waals surface area contributed by atoms with Gasteiger partial charge in [0.2, 0.25) is 0 Å². The molecular formula is C28H35NO. The second-order valence-corrected chi connectivity index (χ2v) is 8.07. The van der Waals surface area contributed by atoms with Gasteiger partial charge in [-0.2, -0.15) is 0 Å². The molecule has 30 heavy (non-hydrogen) atoms. The molecule has 2 nitrogen and oxygen atoms in total. The normalized spacial score (nSPS) is 10.9. The van der Waals surface area contributed by atoms with E-state index in [9.17, 15) is 0 Å². The number of nitrogen functional groups attached to an aromatic ring is 1. The first-order valence-corrected chi connectivity index (χ1v) is 11.5. The lowest BCUT2D eigenvalue weighted by atomic mass is 9.98. The van der Waals surface area contributed by atoms with Gasteiger partial charge in [-0.1, -0.05) is 75.9 Å². The van der Waals surface area contributed by atoms with Crippen molar-refractivity contribution >= 4 is 5.69 Å². The molecular weight excluding hydrogens is 366 g/mol. The van der Waals surface area contributed by atoms with Crippen LogP contribution in [0.15, 0.2) is 66.7 Å². The second-order valence-electron chi connectivity index (χ2n) is 8.07. The van der Waals surface area contributed by atoms with Crippen molar-refractivity contribution in [1.82, 2.24) is 0 Å². The van der Waals surface area contributed by atoms with E-state index in [1.165, 1.54) is 43.2 Å². The fraction of sp³-hybridized carbons (Fsp3) is 0.357. The zero-order valence-electron chi connectivity index (χ0n) is 18.5. The molecule has 2 heteroatoms. The average Bonchev–Trinajstić information content (AvgIpc) is 2.76. The summed E-state index contributed by atoms with van der Waals surface area (Å²) in [7, 11) is 0. The first-order chi connectivity index (χ1) is 14.7. The molecule has 0 saturated carbocycles. The highest BCUT2D eigenvalue weighted by atomic mass is 16.5. The summed E-state index contributed by atoms with van der Waals surface area (Å²) in [5.74, 6) is 1.88. The first-order valence-electron chi connectivity index (χ1n) is 11.5. The first kappa shape index (κ1) is 22.0. The van der Waals surface area contributed by atoms with Crippen LogP contribution in [0.25, 0.3) is 11.1 Å². The van der Waals surface area contributed by atoms with Crippen LogP contribution in [0.5, 0.6) is 11.5 Å². The minimum absolute atomic E-state index is 0.811. The van der Waals surface area contributed by atoms with Crippen molar-refractivity contribution in [2.45, 2.75) is 65.2 Å². The van der Waals surface area contributed by atoms with Gasteiger partial charge in [0.1, 0.15) is 11.5 Å². The molecule has 0 heterocycles. The topological polar surface area (TPSA) is 35.2 Å². The van der Waals surface area contributed by atoms with Crippen LogP contribution in [-0.2, 0) is 12.8 Å². The summed E-state index contributed by atoms with van der Waals surface area (Å²) >= 11 is 0. The molecule has 0 fully saturated rings. The number of rotatable bonds is 11. The summed E-state index contributed by atoms with van der Waals surface area (Å²) in [6, 6.07) is 23.1. The molecule has 3 rings (SSSR count). The van der Waals surface area contributed by atoms with Crippen LogP contribution in [0.3, 0.4) is 0 Å². The Bertz CT molecular complexity index is 931. The SMILES string of the molecule is CCCCCc1cccc(Oc2ccc(-c3ccccc3N)cc2CCCCC)c1. The van der Waals surface area contributed by atoms with Gasteiger partial charge in [0.15, 0.2) is 0 Å². The molecule has 2 N–H and O–H groups in total. The number of hydrogen-bond acceptors (Lipinski definition) is 2. The highest BCUT2D eigenvalue weighted by molar-refractivity contribution is 5.77. The third-order valence-electron chi connectivity index (χ3n) is 5.58. The number of aryl methyl sites for hydroxylation is 2. The molecule has 3 aromatic carbocycles. The van der Waals surface area contributed by atoms with Crippen molar-refractivity contribution in [1.29, 1.82) is 0 Å². The fourth-order valence-corrected chi connectivity index (χ4v) is 3.84. The van der Waals surface area contributed by atoms with Gasteiger partial charge in [-0.25, -0.2) is 0 Å². The lowest BCUT2D eigenvalue weighted by Crippen LogP contribution is -1.96. The average molecular weight is 402 g/mol. The number of unbranched alkanes of at least 4 members (excludes halogenated alkanes) is 4. The predicted molar refractivity (Wildman–Crippen MR) is 129 cm³/mol. The zero-order chi connectivity index (χ0) is 21.2. The number of para-hydroxylation sites is 1. The summed E-state index contributed by atoms with van der Waals surface area (Å²) in [6.45, 7) is 4.48. The maximum absolute atomic E-state index is 6.38. The number of ether oxygens (including phenoxy) is 1. The quantitative estimate of drug-likeness (QED) is 0.259. The Kier molecular flexibility index (Phi) is 8.38. The number of nitrogens with two attached hydrogens (primary N) is 1. The number of anilines is 1. The lowest BCUT2D eigenvalue weighted by Gasteiger charge is -2.15. The van der Waals surface area contributed by atoms with E-state index in [-0.39, 0.29) is 0 Å². The van der Waals surface area contributed by atoms with Crippen molar-refractivity contribution in [3.05, 3.63) is 77.9 Å². The van der Waals surface area contributed by atoms with E-state index >= 15 is 0 Å². The van der Waals surface area contributed by atoms with Crippen LogP contribution in [0.4, 0.5) is 5.69 Å². The van der Waals surface area contributed by atoms with Crippen molar-refractivity contribution in [3.63, 3.8) is 0 Å². The van der Waals surface area contributed by atoms with Gasteiger partial charge in [0.25, 0.3) is 0 Å². The van der Waals surface area contributed by atoms with Crippen LogP contribution >= 0.6 is 0 Å². The van der Waals surface area contributed by atoms with Gasteiger partial charge in [-0.3, -0.25) is 0 Å². The van der Waals surface area contributed by atoms with Crippen LogP contribution < -0.4 is 10.5 Å². The Balaban J connectivity index is 1.84. The highest BCUT2D eigenvalue weighted by Crippen LogP contribution is 2.33. The fourth-order valence-electron chi connectivity index (χ4n) is 3.84. The third kappa shape index (κ3) is 6.13. The van der Waals surface area contributed by atoms with Crippen molar-refractivity contribution < 1.29 is 4.74 Å². The molecule has 0 saturated heterocycles. The molecule has 0 aliphatic rings. The van der Waals surface area contributed by atoms with Crippen molar-refractivity contribution in [3.8, 4) is 22.6 Å². The Labute approximate surface area is 182 Å². The standard InChI is InChI=1S/C28H35NO/c1-3-5-7-12-22-13-11-15-25(20-22)30-28-19-18-23(21-24(28)14-8-6-4-2)26-16-9-10-17-27(26)29/h9-11,13,15-21H,3-8,12,14,29H2,1-2H3. The summed E-state index contributed by atoms with van der Waals surface area (Å²) < 4.78 is 6.38. The molecule has 0 atom stereocenters. The molecule has 3 aromatic rings. The Morgan fingerprint density at radius 2 is 1.50 bits per heavy atom. The monoisotopic (exact) mass is 401 g/mol. The minimum atomic E-state index is 0.811. The van der Waals surface area contributed by atoms with Crippen molar-refractivity contribution in [2.24, 2.45) is 0 Å². The third-order valence-corrected chi connectivity index (χ3v) is 5.58. The number of hydrogen-bond donors (Lipinski definition) is 1. The predicted octanol–water partition coefficient (Wildman–Crippen LogP) is 8.19. The van der Waals surface area contributed by atoms with Gasteiger partial charge < -0.3 is 10.5 Å². The molecule has 158 valence electrons. The summed E-state index contributed by atoms with van der Waals surface area (Å²) in [5, 5.41) is 0. The van der Waals surface area contributed by atoms with E-state index in [1.807, 2.05) is 18.2 Å². The Morgan fingerprint density at radius 3 is 2.27 bits per heavy atom. The van der Waals surface area contributed by atoms with Gasteiger partial charge in [0.05, 0.1) is 0 Å². The maximum atomic E-state index is 6.38. The number of benzene rings is 3. The molecule has 0 aromatic heterocycles. The molecule has 0 unspecified atom stereocenters. The van der Waals surface area contributed by atoms with Gasteiger partial charge in [0, 0.05) is 11.3 Å². The molecule has 0 aliphatic heterocycles. The summed E-state index contributed by atoms with van der Waals surface area (Å²) in [6.07, 6.45) is 9.48. The maximum Gasteiger partial charge on any atom is 0.130 e. The Hall–Kier alpha value is -2.74. The van der Waals surface area contributed by atoms with Gasteiger partial charge >= 0.3 is 0 Å². The highest BCUT2D eigenvalue weighted by Gasteiger charge is 2.10. The molecule has 0 bridgehead atoms. The van der Waals surface area contributed by atoms with E-state index in [0.717, 1.165) is 47.6 Å². The largest absolute Gasteiger partial charge is 0.457 e. The van der Waals surface area contributed by atoms with E-state index in [0.29, 0.717) is 0 Å². The van der Waals surface area contributed by atoms with Gasteiger partial charge in [-0.05, 0) is 72.7 Å². The van der Waals surface area contributed by atoms with E-state index in [4.69, 9.17) is 10.5 Å². The zero-order valence-corrected chi connectivity index (χ0v) is 18.5. The van der Waals surface area contributed by atoms with E-state index in [2.05, 4.69) is 62.4 Å². The van der Waals surface area contributed by atoms with Crippen LogP contribution in [-0.4, -0.2) is 0 Å². The molecule has 0 amide bonds. The van der Waals surface area contributed by atoms with Crippen LogP contribution in [0, 0.1) is 0 Å². The van der Waals surface area contributed by atoms with Crippen molar-refractivity contribution in [2.75, 3.05) is 5.73 Å². The van der Waals surface area contributed by atoms with E-state index in [1.54, 1.807) is 0 Å². The second kappa shape index (κ2) is 11.4. The summed E-state index contributed by atoms with van der Waals surface area (Å²) in [5.41, 5.74) is 11.9. The lowest BCUT2D eigenvalue weighted by molar-refractivity contribution is 0.474. The van der Waals surface area contributed by atoms with Crippen LogP contribution in [0.1, 0.15) is 63.5 Å².